The van der Waals surface area contributed by atoms with Gasteiger partial charge in [0.25, 0.3) is 0 Å². The van der Waals surface area contributed by atoms with Crippen molar-refractivity contribution in [3.63, 3.8) is 0 Å². The Kier molecular flexibility index (Phi) is 15.0. The zero-order valence-electron chi connectivity index (χ0n) is 53.5. The molecule has 0 saturated heterocycles. The monoisotopic (exact) mass is 1260 g/mol. The van der Waals surface area contributed by atoms with Gasteiger partial charge in [-0.25, -0.2) is 0 Å². The number of aromatic nitrogens is 3. The topological polar surface area (TPSA) is 34.0 Å². The summed E-state index contributed by atoms with van der Waals surface area (Å²) in [5, 5.41) is 2.37. The SMILES string of the molecule is C=C/C(=C\C=C(/C)c1ccc2c(c1)c1cc(-c3ccc(-c4ccccc4)cc3)ccc1n2-c1ccc(-c2ccc(N(c3ccc(-c4ccccc4)cc3)c3ccc(-c4ccc5c(c4)C(c4ccccc4)(c4ccccc4)c4ccccc4-5)cc3)c3nsnc23)cc1)c1ccccc1. The molecule has 4 nitrogen and oxygen atoms in total. The lowest BCUT2D eigenvalue weighted by molar-refractivity contribution is 0.769. The van der Waals surface area contributed by atoms with Crippen LogP contribution in [0, 0.1) is 0 Å². The van der Waals surface area contributed by atoms with Crippen LogP contribution in [0.4, 0.5) is 17.1 Å². The van der Waals surface area contributed by atoms with E-state index in [-0.39, 0.29) is 0 Å². The van der Waals surface area contributed by atoms with Crippen LogP contribution in [0.15, 0.2) is 365 Å². The summed E-state index contributed by atoms with van der Waals surface area (Å²) >= 11 is 1.25. The van der Waals surface area contributed by atoms with Crippen LogP contribution in [-0.4, -0.2) is 13.3 Å². The van der Waals surface area contributed by atoms with Crippen LogP contribution in [0.5, 0.6) is 0 Å². The molecule has 0 saturated carbocycles. The number of benzene rings is 14. The second-order valence-corrected chi connectivity index (χ2v) is 25.5. The molecule has 16 aromatic rings. The van der Waals surface area contributed by atoms with Crippen LogP contribution in [-0.2, 0) is 5.41 Å². The van der Waals surface area contributed by atoms with Gasteiger partial charge < -0.3 is 9.47 Å². The quantitative estimate of drug-likeness (QED) is 0.0960. The van der Waals surface area contributed by atoms with Crippen molar-refractivity contribution >= 4 is 72.8 Å². The highest BCUT2D eigenvalue weighted by Crippen LogP contribution is 2.57. The number of anilines is 3. The fourth-order valence-corrected chi connectivity index (χ4v) is 15.3. The third-order valence-electron chi connectivity index (χ3n) is 19.6. The number of rotatable bonds is 15. The van der Waals surface area contributed by atoms with Gasteiger partial charge in [0.15, 0.2) is 0 Å². The van der Waals surface area contributed by atoms with E-state index in [1.165, 1.54) is 89.3 Å². The fraction of sp³-hybridized carbons (Fsp3) is 0.0217. The van der Waals surface area contributed by atoms with Crippen LogP contribution in [0.3, 0.4) is 0 Å². The fourth-order valence-electron chi connectivity index (χ4n) is 14.8. The molecule has 14 aromatic carbocycles. The Morgan fingerprint density at radius 2 is 0.825 bits per heavy atom. The van der Waals surface area contributed by atoms with E-state index >= 15 is 0 Å². The molecular formula is C92H64N4S. The van der Waals surface area contributed by atoms with Crippen molar-refractivity contribution in [1.82, 2.24) is 13.3 Å². The van der Waals surface area contributed by atoms with E-state index < -0.39 is 5.41 Å². The van der Waals surface area contributed by atoms with Gasteiger partial charge in [0, 0.05) is 33.4 Å². The number of hydrogen-bond acceptors (Lipinski definition) is 4. The first-order valence-electron chi connectivity index (χ1n) is 33.1. The molecule has 17 rings (SSSR count). The molecule has 0 unspecified atom stereocenters. The third kappa shape index (κ3) is 10.4. The number of allylic oxidation sites excluding steroid dienone is 5. The van der Waals surface area contributed by atoms with Crippen LogP contribution in [0.25, 0.3) is 116 Å². The summed E-state index contributed by atoms with van der Waals surface area (Å²) in [5.41, 5.74) is 31.1. The summed E-state index contributed by atoms with van der Waals surface area (Å²) in [6, 6.07) is 124. The highest BCUT2D eigenvalue weighted by molar-refractivity contribution is 7.00. The standard InChI is InChI=1S/C92H64N4S/c1-3-63(64-21-9-4-10-22-64)34-33-62(2)72-46-56-87-83(59-72)84-60-73(69-37-35-67(36-38-69)65-23-11-5-12-24-65)47-57-88(84)96(87)79-52-43-71(44-53-79)80-55-58-89(91-90(80)93-97-94-91)95(77-48-39-68(40-49-77)66-25-13-6-14-26-66)78-50-41-70(42-51-78)74-45-54-82-81-31-19-20-32-85(81)92(86(82)61-74,75-27-15-7-16-28-75)76-29-17-8-18-30-76/h3-61H,1H2,2H3/b62-33+,63-34+. The molecule has 1 aliphatic rings. The van der Waals surface area contributed by atoms with Crippen molar-refractivity contribution in [2.75, 3.05) is 4.90 Å². The molecule has 2 aromatic heterocycles. The molecule has 0 fully saturated rings. The minimum Gasteiger partial charge on any atom is -0.309 e. The van der Waals surface area contributed by atoms with Crippen molar-refractivity contribution in [3.05, 3.63) is 398 Å². The molecule has 97 heavy (non-hydrogen) atoms. The molecule has 0 spiro atoms. The Balaban J connectivity index is 0.738. The lowest BCUT2D eigenvalue weighted by Crippen LogP contribution is -2.28. The molecule has 1 aliphatic carbocycles. The van der Waals surface area contributed by atoms with Gasteiger partial charge in [-0.3, -0.25) is 0 Å². The van der Waals surface area contributed by atoms with Crippen LogP contribution in [0.2, 0.25) is 0 Å². The highest BCUT2D eigenvalue weighted by Gasteiger charge is 2.46. The molecule has 0 amide bonds. The first kappa shape index (κ1) is 58.5. The van der Waals surface area contributed by atoms with Gasteiger partial charge in [-0.2, -0.15) is 8.75 Å². The van der Waals surface area contributed by atoms with E-state index in [0.29, 0.717) is 0 Å². The van der Waals surface area contributed by atoms with Gasteiger partial charge in [-0.05, 0) is 192 Å². The summed E-state index contributed by atoms with van der Waals surface area (Å²) in [6.07, 6.45) is 6.31. The van der Waals surface area contributed by atoms with Crippen molar-refractivity contribution in [2.24, 2.45) is 0 Å². The number of hydrogen-bond donors (Lipinski definition) is 0. The van der Waals surface area contributed by atoms with E-state index in [1.807, 2.05) is 12.1 Å². The molecule has 0 radical (unpaired) electrons. The summed E-state index contributed by atoms with van der Waals surface area (Å²) < 4.78 is 12.6. The highest BCUT2D eigenvalue weighted by atomic mass is 32.1. The molecule has 5 heteroatoms. The van der Waals surface area contributed by atoms with Crippen LogP contribution >= 0.6 is 11.7 Å². The van der Waals surface area contributed by atoms with Gasteiger partial charge in [0.2, 0.25) is 0 Å². The van der Waals surface area contributed by atoms with Crippen LogP contribution < -0.4 is 4.90 Å². The third-order valence-corrected chi connectivity index (χ3v) is 20.1. The molecular weight excluding hydrogens is 1190 g/mol. The smallest absolute Gasteiger partial charge is 0.129 e. The minimum absolute atomic E-state index is 0.495. The number of fused-ring (bicyclic) bond motifs is 7. The Bertz CT molecular complexity index is 5620. The summed E-state index contributed by atoms with van der Waals surface area (Å²) in [4.78, 5) is 2.33. The summed E-state index contributed by atoms with van der Waals surface area (Å²) in [7, 11) is 0. The molecule has 0 aliphatic heterocycles. The van der Waals surface area contributed by atoms with Crippen molar-refractivity contribution < 1.29 is 0 Å². The first-order chi connectivity index (χ1) is 48.0. The van der Waals surface area contributed by atoms with Gasteiger partial charge in [0.05, 0.1) is 33.9 Å². The lowest BCUT2D eigenvalue weighted by Gasteiger charge is -2.34. The van der Waals surface area contributed by atoms with Crippen LogP contribution in [0.1, 0.15) is 40.3 Å². The normalized spacial score (nSPS) is 12.6. The van der Waals surface area contributed by atoms with Crippen molar-refractivity contribution in [1.29, 1.82) is 0 Å². The second-order valence-electron chi connectivity index (χ2n) is 25.0. The maximum atomic E-state index is 5.13. The Labute approximate surface area is 570 Å². The van der Waals surface area contributed by atoms with Crippen molar-refractivity contribution in [2.45, 2.75) is 12.3 Å². The van der Waals surface area contributed by atoms with E-state index in [2.05, 4.69) is 369 Å². The van der Waals surface area contributed by atoms with Gasteiger partial charge in [-0.1, -0.05) is 286 Å². The molecule has 458 valence electrons. The molecule has 0 bridgehead atoms. The first-order valence-corrected chi connectivity index (χ1v) is 33.8. The Morgan fingerprint density at radius 1 is 0.371 bits per heavy atom. The second kappa shape index (κ2) is 24.9. The zero-order valence-corrected chi connectivity index (χ0v) is 54.3. The maximum absolute atomic E-state index is 5.13. The average molecular weight is 1260 g/mol. The van der Waals surface area contributed by atoms with Crippen molar-refractivity contribution in [3.8, 4) is 72.4 Å². The Hall–Kier alpha value is -12.3. The van der Waals surface area contributed by atoms with E-state index in [9.17, 15) is 0 Å². The predicted octanol–water partition coefficient (Wildman–Crippen LogP) is 24.6. The predicted molar refractivity (Wildman–Crippen MR) is 409 cm³/mol. The molecule has 0 atom stereocenters. The van der Waals surface area contributed by atoms with Gasteiger partial charge >= 0.3 is 0 Å². The van der Waals surface area contributed by atoms with E-state index in [1.54, 1.807) is 0 Å². The summed E-state index contributed by atoms with van der Waals surface area (Å²) in [6.45, 7) is 6.34. The van der Waals surface area contributed by atoms with Gasteiger partial charge in [-0.15, -0.1) is 0 Å². The largest absolute Gasteiger partial charge is 0.309 e. The average Bonchev–Trinajstić information content (AvgIpc) is 1.56. The van der Waals surface area contributed by atoms with Gasteiger partial charge in [0.1, 0.15) is 11.0 Å². The lowest BCUT2D eigenvalue weighted by atomic mass is 9.67. The minimum atomic E-state index is -0.495. The molecule has 0 N–H and O–H groups in total. The number of nitrogens with zero attached hydrogens (tertiary/aromatic N) is 4. The van der Waals surface area contributed by atoms with E-state index in [0.717, 1.165) is 89.3 Å². The zero-order chi connectivity index (χ0) is 64.8. The Morgan fingerprint density at radius 3 is 1.43 bits per heavy atom. The van der Waals surface area contributed by atoms with E-state index in [4.69, 9.17) is 8.75 Å². The molecule has 2 heterocycles. The maximum Gasteiger partial charge on any atom is 0.129 e. The summed E-state index contributed by atoms with van der Waals surface area (Å²) in [5.74, 6) is 0.